The van der Waals surface area contributed by atoms with Crippen LogP contribution in [0.1, 0.15) is 24.8 Å². The van der Waals surface area contributed by atoms with Crippen LogP contribution < -0.4 is 16.4 Å². The molecule has 31 heavy (non-hydrogen) atoms. The number of unbranched alkanes of at least 4 members (excludes halogenated alkanes) is 1. The van der Waals surface area contributed by atoms with Gasteiger partial charge in [0.15, 0.2) is 0 Å². The van der Waals surface area contributed by atoms with E-state index in [9.17, 15) is 9.59 Å². The van der Waals surface area contributed by atoms with Gasteiger partial charge in [0.2, 0.25) is 11.8 Å². The van der Waals surface area contributed by atoms with Crippen LogP contribution in [-0.2, 0) is 20.9 Å². The van der Waals surface area contributed by atoms with Crippen LogP contribution in [0.2, 0.25) is 0 Å². The summed E-state index contributed by atoms with van der Waals surface area (Å²) in [5, 5.41) is 6.64. The minimum atomic E-state index is -0.621. The average Bonchev–Trinajstić information content (AvgIpc) is 2.79. The first-order valence-electron chi connectivity index (χ1n) is 10.4. The second-order valence-corrected chi connectivity index (χ2v) is 7.30. The van der Waals surface area contributed by atoms with Gasteiger partial charge in [-0.05, 0) is 37.0 Å². The molecule has 1 atom stereocenters. The molecule has 2 amide bonds. The molecule has 7 heteroatoms. The van der Waals surface area contributed by atoms with Crippen molar-refractivity contribution in [3.8, 4) is 0 Å². The summed E-state index contributed by atoms with van der Waals surface area (Å²) in [6.07, 6.45) is 3.69. The van der Waals surface area contributed by atoms with E-state index in [4.69, 9.17) is 10.5 Å². The number of pyridine rings is 1. The summed E-state index contributed by atoms with van der Waals surface area (Å²) in [6, 6.07) is 18.5. The number of ether oxygens (including phenoxy) is 1. The van der Waals surface area contributed by atoms with Crippen LogP contribution in [0, 0.1) is 0 Å². The molecule has 0 aliphatic carbocycles. The summed E-state index contributed by atoms with van der Waals surface area (Å²) in [4.78, 5) is 28.6. The van der Waals surface area contributed by atoms with E-state index in [2.05, 4.69) is 15.6 Å². The van der Waals surface area contributed by atoms with Crippen LogP contribution in [0.3, 0.4) is 0 Å². The Kier molecular flexibility index (Phi) is 8.51. The molecule has 0 unspecified atom stereocenters. The van der Waals surface area contributed by atoms with Gasteiger partial charge in [0.05, 0.1) is 23.9 Å². The van der Waals surface area contributed by atoms with Crippen molar-refractivity contribution >= 4 is 28.4 Å². The summed E-state index contributed by atoms with van der Waals surface area (Å²) in [5.41, 5.74) is 8.45. The van der Waals surface area contributed by atoms with Gasteiger partial charge in [-0.2, -0.15) is 0 Å². The van der Waals surface area contributed by atoms with Crippen molar-refractivity contribution < 1.29 is 14.3 Å². The molecular weight excluding hydrogens is 392 g/mol. The summed E-state index contributed by atoms with van der Waals surface area (Å²) in [6.45, 7) is 0.954. The van der Waals surface area contributed by atoms with E-state index in [-0.39, 0.29) is 18.4 Å². The zero-order valence-electron chi connectivity index (χ0n) is 17.4. The van der Waals surface area contributed by atoms with E-state index in [1.54, 1.807) is 6.20 Å². The van der Waals surface area contributed by atoms with Gasteiger partial charge in [-0.15, -0.1) is 0 Å². The fourth-order valence-electron chi connectivity index (χ4n) is 3.17. The Labute approximate surface area is 182 Å². The van der Waals surface area contributed by atoms with Gasteiger partial charge in [-0.1, -0.05) is 48.5 Å². The summed E-state index contributed by atoms with van der Waals surface area (Å²) in [7, 11) is 0. The molecule has 162 valence electrons. The van der Waals surface area contributed by atoms with Crippen LogP contribution in [0.15, 0.2) is 66.9 Å². The number of carbonyl (C=O) groups is 2. The Morgan fingerprint density at radius 3 is 2.65 bits per heavy atom. The fraction of sp³-hybridized carbons (Fsp3) is 0.292. The topological polar surface area (TPSA) is 106 Å². The lowest BCUT2D eigenvalue weighted by atomic mass is 10.1. The highest BCUT2D eigenvalue weighted by atomic mass is 16.5. The third kappa shape index (κ3) is 7.16. The first-order valence-corrected chi connectivity index (χ1v) is 10.4. The first kappa shape index (κ1) is 22.4. The van der Waals surface area contributed by atoms with Crippen molar-refractivity contribution in [1.82, 2.24) is 10.3 Å². The van der Waals surface area contributed by atoms with Gasteiger partial charge >= 0.3 is 0 Å². The number of fused-ring (bicyclic) bond motifs is 1. The van der Waals surface area contributed by atoms with Gasteiger partial charge in [0, 0.05) is 18.1 Å². The van der Waals surface area contributed by atoms with E-state index >= 15 is 0 Å². The molecule has 0 radical (unpaired) electrons. The molecule has 0 fully saturated rings. The SMILES string of the molecule is N[C@@H](CCCCNC(=O)COCc1ccccc1)C(=O)Nc1cccc2cccnc12. The van der Waals surface area contributed by atoms with Gasteiger partial charge < -0.3 is 21.1 Å². The predicted octanol–water partition coefficient (Wildman–Crippen LogP) is 3.00. The predicted molar refractivity (Wildman–Crippen MR) is 121 cm³/mol. The maximum atomic E-state index is 12.4. The van der Waals surface area contributed by atoms with Crippen LogP contribution in [0.25, 0.3) is 10.9 Å². The molecule has 0 aliphatic rings. The fourth-order valence-corrected chi connectivity index (χ4v) is 3.17. The van der Waals surface area contributed by atoms with Crippen LogP contribution in [0.5, 0.6) is 0 Å². The lowest BCUT2D eigenvalue weighted by Gasteiger charge is -2.13. The molecule has 2 aromatic carbocycles. The molecule has 0 spiro atoms. The number of rotatable bonds is 11. The highest BCUT2D eigenvalue weighted by molar-refractivity contribution is 6.02. The van der Waals surface area contributed by atoms with Gasteiger partial charge in [0.1, 0.15) is 6.61 Å². The van der Waals surface area contributed by atoms with Crippen molar-refractivity contribution in [3.05, 3.63) is 72.4 Å². The number of para-hydroxylation sites is 1. The van der Waals surface area contributed by atoms with Gasteiger partial charge in [-0.3, -0.25) is 14.6 Å². The maximum absolute atomic E-state index is 12.4. The van der Waals surface area contributed by atoms with Crippen molar-refractivity contribution in [3.63, 3.8) is 0 Å². The number of hydrogen-bond acceptors (Lipinski definition) is 5. The Balaban J connectivity index is 1.30. The number of carbonyl (C=O) groups excluding carboxylic acids is 2. The molecule has 1 aromatic heterocycles. The van der Waals surface area contributed by atoms with E-state index in [0.29, 0.717) is 25.3 Å². The Bertz CT molecular complexity index is 989. The summed E-state index contributed by atoms with van der Waals surface area (Å²) >= 11 is 0. The molecule has 0 bridgehead atoms. The molecule has 1 heterocycles. The molecule has 3 rings (SSSR count). The van der Waals surface area contributed by atoms with Crippen molar-refractivity contribution in [2.24, 2.45) is 5.73 Å². The zero-order chi connectivity index (χ0) is 21.9. The number of anilines is 1. The maximum Gasteiger partial charge on any atom is 0.246 e. The Morgan fingerprint density at radius 2 is 1.81 bits per heavy atom. The Hall–Kier alpha value is -3.29. The molecule has 0 saturated heterocycles. The van der Waals surface area contributed by atoms with Gasteiger partial charge in [-0.25, -0.2) is 0 Å². The van der Waals surface area contributed by atoms with E-state index in [0.717, 1.165) is 29.3 Å². The molecule has 0 saturated carbocycles. The summed E-state index contributed by atoms with van der Waals surface area (Å²) in [5.74, 6) is -0.391. The van der Waals surface area contributed by atoms with Gasteiger partial charge in [0.25, 0.3) is 0 Å². The Morgan fingerprint density at radius 1 is 1.00 bits per heavy atom. The number of aromatic nitrogens is 1. The molecular formula is C24H28N4O3. The van der Waals surface area contributed by atoms with E-state index in [1.807, 2.05) is 60.7 Å². The van der Waals surface area contributed by atoms with Crippen LogP contribution in [-0.4, -0.2) is 36.0 Å². The summed E-state index contributed by atoms with van der Waals surface area (Å²) < 4.78 is 5.41. The minimum absolute atomic E-state index is 0.0237. The highest BCUT2D eigenvalue weighted by Gasteiger charge is 2.14. The standard InChI is InChI=1S/C24H28N4O3/c25-20(24(30)28-21-13-6-10-19-11-7-15-27-23(19)21)12-4-5-14-26-22(29)17-31-16-18-8-2-1-3-9-18/h1-3,6-11,13,15,20H,4-5,12,14,16-17,25H2,(H,26,29)(H,28,30)/t20-/m0/s1. The van der Waals surface area contributed by atoms with E-state index in [1.165, 1.54) is 0 Å². The van der Waals surface area contributed by atoms with E-state index < -0.39 is 6.04 Å². The number of nitrogens with two attached hydrogens (primary N) is 1. The number of nitrogens with zero attached hydrogens (tertiary/aromatic N) is 1. The molecule has 4 N–H and O–H groups in total. The molecule has 3 aromatic rings. The lowest BCUT2D eigenvalue weighted by molar-refractivity contribution is -0.126. The van der Waals surface area contributed by atoms with Crippen molar-refractivity contribution in [2.75, 3.05) is 18.5 Å². The second-order valence-electron chi connectivity index (χ2n) is 7.30. The second kappa shape index (κ2) is 11.8. The number of nitrogens with one attached hydrogen (secondary N) is 2. The third-order valence-corrected chi connectivity index (χ3v) is 4.84. The molecule has 0 aliphatic heterocycles. The smallest absolute Gasteiger partial charge is 0.246 e. The largest absolute Gasteiger partial charge is 0.367 e. The first-order chi connectivity index (χ1) is 15.1. The van der Waals surface area contributed by atoms with Crippen LogP contribution in [0.4, 0.5) is 5.69 Å². The van der Waals surface area contributed by atoms with Crippen molar-refractivity contribution in [2.45, 2.75) is 31.9 Å². The number of hydrogen-bond donors (Lipinski definition) is 3. The highest BCUT2D eigenvalue weighted by Crippen LogP contribution is 2.20. The minimum Gasteiger partial charge on any atom is -0.367 e. The zero-order valence-corrected chi connectivity index (χ0v) is 17.4. The number of amides is 2. The normalized spacial score (nSPS) is 11.8. The number of benzene rings is 2. The van der Waals surface area contributed by atoms with Crippen LogP contribution >= 0.6 is 0 Å². The third-order valence-electron chi connectivity index (χ3n) is 4.84. The average molecular weight is 421 g/mol. The lowest BCUT2D eigenvalue weighted by Crippen LogP contribution is -2.36. The van der Waals surface area contributed by atoms with Crippen molar-refractivity contribution in [1.29, 1.82) is 0 Å². The molecule has 7 nitrogen and oxygen atoms in total. The quantitative estimate of drug-likeness (QED) is 0.414. The monoisotopic (exact) mass is 420 g/mol.